The van der Waals surface area contributed by atoms with Crippen molar-refractivity contribution in [3.63, 3.8) is 0 Å². The minimum Gasteiger partial charge on any atom is -0.507 e. The van der Waals surface area contributed by atoms with Crippen molar-refractivity contribution in [2.24, 2.45) is 5.10 Å². The number of phenols is 2. The Hall–Kier alpha value is -2.54. The molecule has 0 bridgehead atoms. The maximum Gasteiger partial charge on any atom is 0.275 e. The van der Waals surface area contributed by atoms with Gasteiger partial charge >= 0.3 is 0 Å². The van der Waals surface area contributed by atoms with Crippen LogP contribution in [-0.4, -0.2) is 28.9 Å². The number of nitrogens with one attached hydrogen (secondary N) is 1. The number of carbonyl (C=O) groups excluding carboxylic acids is 1. The molecule has 0 atom stereocenters. The van der Waals surface area contributed by atoms with Crippen LogP contribution in [0.4, 0.5) is 0 Å². The van der Waals surface area contributed by atoms with E-state index >= 15 is 0 Å². The van der Waals surface area contributed by atoms with Gasteiger partial charge in [-0.15, -0.1) is 0 Å². The molecule has 3 N–H and O–H groups in total. The second-order valence-corrected chi connectivity index (χ2v) is 5.35. The molecular formula is C16H15BrN2O4. The minimum atomic E-state index is -0.526. The molecule has 120 valence electrons. The molecule has 0 unspecified atom stereocenters. The van der Waals surface area contributed by atoms with Gasteiger partial charge < -0.3 is 14.9 Å². The number of aromatic hydroxyl groups is 2. The third kappa shape index (κ3) is 4.23. The highest BCUT2D eigenvalue weighted by Gasteiger charge is 2.10. The van der Waals surface area contributed by atoms with Crippen LogP contribution in [0.25, 0.3) is 0 Å². The van der Waals surface area contributed by atoms with Crippen molar-refractivity contribution in [1.29, 1.82) is 0 Å². The Balaban J connectivity index is 2.12. The van der Waals surface area contributed by atoms with Gasteiger partial charge in [0.2, 0.25) is 0 Å². The number of phenolic OH excluding ortho intramolecular Hbond substituents is 2. The van der Waals surface area contributed by atoms with Crippen LogP contribution in [0.5, 0.6) is 17.2 Å². The lowest BCUT2D eigenvalue weighted by Gasteiger charge is -2.08. The average molecular weight is 379 g/mol. The van der Waals surface area contributed by atoms with E-state index in [1.165, 1.54) is 18.3 Å². The SMILES string of the molecule is CCOc1cc(C=NNC(=O)c2ccccc2O)cc(Br)c1O. The monoisotopic (exact) mass is 378 g/mol. The summed E-state index contributed by atoms with van der Waals surface area (Å²) in [6, 6.07) is 9.41. The average Bonchev–Trinajstić information content (AvgIpc) is 2.52. The summed E-state index contributed by atoms with van der Waals surface area (Å²) < 4.78 is 5.76. The molecule has 0 aliphatic heterocycles. The van der Waals surface area contributed by atoms with Gasteiger partial charge in [-0.25, -0.2) is 5.43 Å². The lowest BCUT2D eigenvalue weighted by atomic mass is 10.2. The Morgan fingerprint density at radius 3 is 2.78 bits per heavy atom. The quantitative estimate of drug-likeness (QED) is 0.550. The van der Waals surface area contributed by atoms with Crippen LogP contribution in [0.3, 0.4) is 0 Å². The van der Waals surface area contributed by atoms with Crippen LogP contribution in [-0.2, 0) is 0 Å². The first-order valence-electron chi connectivity index (χ1n) is 6.79. The lowest BCUT2D eigenvalue weighted by molar-refractivity contribution is 0.0952. The highest BCUT2D eigenvalue weighted by atomic mass is 79.9. The normalized spacial score (nSPS) is 10.7. The van der Waals surface area contributed by atoms with E-state index in [4.69, 9.17) is 4.74 Å². The zero-order chi connectivity index (χ0) is 16.8. The molecule has 0 saturated carbocycles. The van der Waals surface area contributed by atoms with E-state index in [2.05, 4.69) is 26.5 Å². The standard InChI is InChI=1S/C16H15BrN2O4/c1-2-23-14-8-10(7-12(17)15(14)21)9-18-19-16(22)11-5-3-4-6-13(11)20/h3-9,20-21H,2H2,1H3,(H,19,22). The number of hydrogen-bond acceptors (Lipinski definition) is 5. The number of para-hydroxylation sites is 1. The molecule has 0 aliphatic carbocycles. The minimum absolute atomic E-state index is 0.00208. The van der Waals surface area contributed by atoms with Crippen molar-refractivity contribution in [3.05, 3.63) is 52.0 Å². The summed E-state index contributed by atoms with van der Waals surface area (Å²) in [6.07, 6.45) is 1.41. The summed E-state index contributed by atoms with van der Waals surface area (Å²) in [6.45, 7) is 2.21. The first kappa shape index (κ1) is 16.8. The van der Waals surface area contributed by atoms with Crippen molar-refractivity contribution in [3.8, 4) is 17.2 Å². The van der Waals surface area contributed by atoms with E-state index in [1.54, 1.807) is 31.2 Å². The predicted molar refractivity (Wildman–Crippen MR) is 90.1 cm³/mol. The molecule has 0 saturated heterocycles. The fraction of sp³-hybridized carbons (Fsp3) is 0.125. The molecule has 0 radical (unpaired) electrons. The van der Waals surface area contributed by atoms with Gasteiger partial charge in [0, 0.05) is 0 Å². The molecular weight excluding hydrogens is 364 g/mol. The van der Waals surface area contributed by atoms with Gasteiger partial charge in [-0.2, -0.15) is 5.10 Å². The smallest absolute Gasteiger partial charge is 0.275 e. The van der Waals surface area contributed by atoms with Crippen LogP contribution in [0.2, 0.25) is 0 Å². The lowest BCUT2D eigenvalue weighted by Crippen LogP contribution is -2.17. The molecule has 2 aromatic carbocycles. The molecule has 0 aromatic heterocycles. The van der Waals surface area contributed by atoms with Crippen LogP contribution >= 0.6 is 15.9 Å². The summed E-state index contributed by atoms with van der Waals surface area (Å²) in [4.78, 5) is 11.9. The predicted octanol–water partition coefficient (Wildman–Crippen LogP) is 3.02. The van der Waals surface area contributed by atoms with Gasteiger partial charge in [0.1, 0.15) is 5.75 Å². The van der Waals surface area contributed by atoms with Gasteiger partial charge in [0.15, 0.2) is 11.5 Å². The molecule has 2 rings (SSSR count). The Morgan fingerprint density at radius 1 is 1.35 bits per heavy atom. The van der Waals surface area contributed by atoms with E-state index < -0.39 is 5.91 Å². The molecule has 2 aromatic rings. The summed E-state index contributed by atoms with van der Waals surface area (Å²) in [5.41, 5.74) is 3.08. The number of hydrazone groups is 1. The number of benzene rings is 2. The highest BCUT2D eigenvalue weighted by molar-refractivity contribution is 9.10. The van der Waals surface area contributed by atoms with Crippen molar-refractivity contribution in [2.45, 2.75) is 6.92 Å². The van der Waals surface area contributed by atoms with Crippen molar-refractivity contribution >= 4 is 28.1 Å². The number of carbonyl (C=O) groups is 1. The first-order valence-corrected chi connectivity index (χ1v) is 7.59. The van der Waals surface area contributed by atoms with Gasteiger partial charge in [-0.05, 0) is 52.7 Å². The van der Waals surface area contributed by atoms with E-state index in [0.29, 0.717) is 22.4 Å². The van der Waals surface area contributed by atoms with Crippen LogP contribution in [0, 0.1) is 0 Å². The highest BCUT2D eigenvalue weighted by Crippen LogP contribution is 2.35. The second-order valence-electron chi connectivity index (χ2n) is 4.50. The molecule has 1 amide bonds. The summed E-state index contributed by atoms with van der Waals surface area (Å²) in [7, 11) is 0. The topological polar surface area (TPSA) is 91.2 Å². The first-order chi connectivity index (χ1) is 11.0. The fourth-order valence-corrected chi connectivity index (χ4v) is 2.28. The van der Waals surface area contributed by atoms with E-state index in [1.807, 2.05) is 0 Å². The Kier molecular flexibility index (Phi) is 5.59. The number of ether oxygens (including phenoxy) is 1. The zero-order valence-electron chi connectivity index (χ0n) is 12.3. The van der Waals surface area contributed by atoms with Crippen LogP contribution in [0.15, 0.2) is 46.0 Å². The van der Waals surface area contributed by atoms with Crippen molar-refractivity contribution < 1.29 is 19.7 Å². The molecule has 0 aliphatic rings. The maximum absolute atomic E-state index is 11.9. The van der Waals surface area contributed by atoms with Crippen LogP contribution in [0.1, 0.15) is 22.8 Å². The van der Waals surface area contributed by atoms with E-state index in [0.717, 1.165) is 0 Å². The molecule has 0 heterocycles. The maximum atomic E-state index is 11.9. The van der Waals surface area contributed by atoms with Gasteiger partial charge in [-0.3, -0.25) is 4.79 Å². The van der Waals surface area contributed by atoms with E-state index in [9.17, 15) is 15.0 Å². The number of halogens is 1. The Morgan fingerprint density at radius 2 is 2.09 bits per heavy atom. The third-order valence-corrected chi connectivity index (χ3v) is 3.48. The summed E-state index contributed by atoms with van der Waals surface area (Å²) in [5, 5.41) is 23.3. The van der Waals surface area contributed by atoms with E-state index in [-0.39, 0.29) is 17.1 Å². The number of rotatable bonds is 5. The third-order valence-electron chi connectivity index (χ3n) is 2.88. The Bertz CT molecular complexity index is 747. The molecule has 7 heteroatoms. The second kappa shape index (κ2) is 7.64. The zero-order valence-corrected chi connectivity index (χ0v) is 13.9. The van der Waals surface area contributed by atoms with Gasteiger partial charge in [-0.1, -0.05) is 12.1 Å². The molecule has 6 nitrogen and oxygen atoms in total. The van der Waals surface area contributed by atoms with Crippen LogP contribution < -0.4 is 10.2 Å². The van der Waals surface area contributed by atoms with Crippen molar-refractivity contribution in [1.82, 2.24) is 5.43 Å². The number of nitrogens with zero attached hydrogens (tertiary/aromatic N) is 1. The number of hydrogen-bond donors (Lipinski definition) is 3. The van der Waals surface area contributed by atoms with Gasteiger partial charge in [0.25, 0.3) is 5.91 Å². The number of amides is 1. The Labute approximate surface area is 141 Å². The molecule has 0 fully saturated rings. The fourth-order valence-electron chi connectivity index (χ4n) is 1.83. The molecule has 23 heavy (non-hydrogen) atoms. The largest absolute Gasteiger partial charge is 0.507 e. The van der Waals surface area contributed by atoms with Crippen molar-refractivity contribution in [2.75, 3.05) is 6.61 Å². The van der Waals surface area contributed by atoms with Gasteiger partial charge in [0.05, 0.1) is 22.9 Å². The summed E-state index contributed by atoms with van der Waals surface area (Å²) >= 11 is 3.22. The summed E-state index contributed by atoms with van der Waals surface area (Å²) in [5.74, 6) is -0.328. The molecule has 0 spiro atoms.